The maximum absolute atomic E-state index is 12.0. The van der Waals surface area contributed by atoms with Crippen molar-refractivity contribution in [3.63, 3.8) is 0 Å². The zero-order valence-electron chi connectivity index (χ0n) is 13.5. The first-order chi connectivity index (χ1) is 11.2. The van der Waals surface area contributed by atoms with E-state index in [-0.39, 0.29) is 17.6 Å². The molecule has 0 bridgehead atoms. The van der Waals surface area contributed by atoms with E-state index in [0.29, 0.717) is 14.9 Å². The van der Waals surface area contributed by atoms with Crippen LogP contribution in [-0.2, 0) is 14.4 Å². The number of benzene rings is 1. The van der Waals surface area contributed by atoms with Crippen LogP contribution in [0.15, 0.2) is 23.1 Å². The van der Waals surface area contributed by atoms with Crippen LogP contribution < -0.4 is 16.2 Å². The van der Waals surface area contributed by atoms with Crippen LogP contribution in [0.2, 0.25) is 10.0 Å². The minimum Gasteiger partial charge on any atom is -0.344 e. The van der Waals surface area contributed by atoms with Gasteiger partial charge in [0.2, 0.25) is 11.8 Å². The number of halogens is 2. The minimum absolute atomic E-state index is 0.0484. The molecule has 9 heteroatoms. The first-order valence-electron chi connectivity index (χ1n) is 7.14. The summed E-state index contributed by atoms with van der Waals surface area (Å²) in [6, 6.07) is 4.23. The molecule has 0 saturated carbocycles. The first kappa shape index (κ1) is 20.6. The van der Waals surface area contributed by atoms with Crippen LogP contribution in [0.25, 0.3) is 0 Å². The molecule has 1 aromatic carbocycles. The maximum atomic E-state index is 12.0. The molecule has 0 saturated heterocycles. The van der Waals surface area contributed by atoms with Gasteiger partial charge in [-0.2, -0.15) is 0 Å². The smallest absolute Gasteiger partial charge is 0.261 e. The lowest BCUT2D eigenvalue weighted by Gasteiger charge is -2.20. The summed E-state index contributed by atoms with van der Waals surface area (Å²) in [6.45, 7) is 4.91. The van der Waals surface area contributed by atoms with Crippen molar-refractivity contribution in [2.24, 2.45) is 5.92 Å². The van der Waals surface area contributed by atoms with Crippen LogP contribution in [0.4, 0.5) is 0 Å². The minimum atomic E-state index is -0.724. The van der Waals surface area contributed by atoms with E-state index in [1.54, 1.807) is 32.0 Å². The van der Waals surface area contributed by atoms with Crippen LogP contribution in [0.5, 0.6) is 0 Å². The lowest BCUT2D eigenvalue weighted by molar-refractivity contribution is -0.132. The van der Waals surface area contributed by atoms with E-state index in [4.69, 9.17) is 23.2 Å². The molecule has 6 nitrogen and oxygen atoms in total. The number of hydrogen-bond acceptors (Lipinski definition) is 4. The summed E-state index contributed by atoms with van der Waals surface area (Å²) in [7, 11) is 0. The van der Waals surface area contributed by atoms with Gasteiger partial charge in [-0.05, 0) is 24.1 Å². The quantitative estimate of drug-likeness (QED) is 0.513. The molecule has 1 atom stereocenters. The molecule has 0 fully saturated rings. The molecule has 1 aromatic rings. The Kier molecular flexibility index (Phi) is 8.38. The van der Waals surface area contributed by atoms with E-state index >= 15 is 0 Å². The van der Waals surface area contributed by atoms with Crippen molar-refractivity contribution in [3.05, 3.63) is 28.2 Å². The average Bonchev–Trinajstić information content (AvgIpc) is 2.50. The molecule has 0 heterocycles. The average molecular weight is 392 g/mol. The maximum Gasteiger partial charge on any atom is 0.261 e. The Labute approximate surface area is 155 Å². The Morgan fingerprint density at radius 2 is 1.83 bits per heavy atom. The number of carbonyl (C=O) groups excluding carboxylic acids is 3. The highest BCUT2D eigenvalue weighted by Gasteiger charge is 2.23. The van der Waals surface area contributed by atoms with Gasteiger partial charge in [0.15, 0.2) is 0 Å². The van der Waals surface area contributed by atoms with Crippen LogP contribution in [-0.4, -0.2) is 29.5 Å². The van der Waals surface area contributed by atoms with Crippen molar-refractivity contribution < 1.29 is 14.4 Å². The van der Waals surface area contributed by atoms with Crippen molar-refractivity contribution in [1.82, 2.24) is 16.2 Å². The zero-order valence-corrected chi connectivity index (χ0v) is 15.8. The highest BCUT2D eigenvalue weighted by molar-refractivity contribution is 8.00. The van der Waals surface area contributed by atoms with E-state index in [1.165, 1.54) is 18.7 Å². The van der Waals surface area contributed by atoms with E-state index in [0.717, 1.165) is 0 Å². The summed E-state index contributed by atoms with van der Waals surface area (Å²) in [4.78, 5) is 35.6. The highest BCUT2D eigenvalue weighted by Crippen LogP contribution is 2.29. The fourth-order valence-electron chi connectivity index (χ4n) is 1.73. The van der Waals surface area contributed by atoms with Crippen LogP contribution in [0.1, 0.15) is 20.8 Å². The van der Waals surface area contributed by atoms with E-state index in [2.05, 4.69) is 16.2 Å². The van der Waals surface area contributed by atoms with Gasteiger partial charge in [-0.3, -0.25) is 25.2 Å². The molecule has 0 radical (unpaired) electrons. The summed E-state index contributed by atoms with van der Waals surface area (Å²) in [5.41, 5.74) is 4.61. The van der Waals surface area contributed by atoms with E-state index in [9.17, 15) is 14.4 Å². The molecule has 3 amide bonds. The number of hydrogen-bond donors (Lipinski definition) is 3. The SMILES string of the molecule is CC(=O)NC(C(=O)NNC(=O)CSc1cc(Cl)ccc1Cl)C(C)C. The van der Waals surface area contributed by atoms with Crippen molar-refractivity contribution in [1.29, 1.82) is 0 Å². The molecule has 132 valence electrons. The third-order valence-corrected chi connectivity index (χ3v) is 4.62. The molecular weight excluding hydrogens is 373 g/mol. The third-order valence-electron chi connectivity index (χ3n) is 2.89. The van der Waals surface area contributed by atoms with Crippen molar-refractivity contribution >= 4 is 52.7 Å². The fraction of sp³-hybridized carbons (Fsp3) is 0.400. The Bertz CT molecular complexity index is 626. The van der Waals surface area contributed by atoms with E-state index < -0.39 is 17.9 Å². The second-order valence-corrected chi connectivity index (χ2v) is 7.18. The lowest BCUT2D eigenvalue weighted by atomic mass is 10.0. The van der Waals surface area contributed by atoms with Crippen LogP contribution >= 0.6 is 35.0 Å². The topological polar surface area (TPSA) is 87.3 Å². The number of thioether (sulfide) groups is 1. The lowest BCUT2D eigenvalue weighted by Crippen LogP contribution is -2.54. The molecule has 0 aliphatic heterocycles. The van der Waals surface area contributed by atoms with Gasteiger partial charge in [-0.15, -0.1) is 11.8 Å². The Morgan fingerprint density at radius 1 is 1.17 bits per heavy atom. The van der Waals surface area contributed by atoms with Crippen molar-refractivity contribution in [3.8, 4) is 0 Å². The fourth-order valence-corrected chi connectivity index (χ4v) is 3.02. The van der Waals surface area contributed by atoms with Gasteiger partial charge in [0.05, 0.1) is 10.8 Å². The second kappa shape index (κ2) is 9.76. The number of rotatable bonds is 6. The van der Waals surface area contributed by atoms with Gasteiger partial charge in [0.1, 0.15) is 6.04 Å². The van der Waals surface area contributed by atoms with Crippen LogP contribution in [0.3, 0.4) is 0 Å². The van der Waals surface area contributed by atoms with Gasteiger partial charge < -0.3 is 5.32 Å². The van der Waals surface area contributed by atoms with Gasteiger partial charge in [-0.25, -0.2) is 0 Å². The molecule has 24 heavy (non-hydrogen) atoms. The number of carbonyl (C=O) groups is 3. The molecule has 0 aliphatic rings. The van der Waals surface area contributed by atoms with Gasteiger partial charge in [-0.1, -0.05) is 37.0 Å². The molecular formula is C15H19Cl2N3O3S. The Hall–Kier alpha value is -1.44. The Balaban J connectivity index is 2.49. The van der Waals surface area contributed by atoms with Gasteiger partial charge in [0.25, 0.3) is 5.91 Å². The largest absolute Gasteiger partial charge is 0.344 e. The number of amides is 3. The predicted octanol–water partition coefficient (Wildman–Crippen LogP) is 2.39. The third kappa shape index (κ3) is 6.98. The molecule has 0 aromatic heterocycles. The summed E-state index contributed by atoms with van der Waals surface area (Å²) >= 11 is 13.1. The number of nitrogens with one attached hydrogen (secondary N) is 3. The van der Waals surface area contributed by atoms with Gasteiger partial charge in [0, 0.05) is 16.8 Å². The number of hydrazine groups is 1. The molecule has 0 spiro atoms. The summed E-state index contributed by atoms with van der Waals surface area (Å²) in [5.74, 6) is -1.28. The van der Waals surface area contributed by atoms with Gasteiger partial charge >= 0.3 is 0 Å². The molecule has 1 unspecified atom stereocenters. The summed E-state index contributed by atoms with van der Waals surface area (Å²) in [6.07, 6.45) is 0. The standard InChI is InChI=1S/C15H19Cl2N3O3S/c1-8(2)14(18-9(3)21)15(23)20-19-13(22)7-24-12-6-10(16)4-5-11(12)17/h4-6,8,14H,7H2,1-3H3,(H,18,21)(H,19,22)(H,20,23). The highest BCUT2D eigenvalue weighted by atomic mass is 35.5. The predicted molar refractivity (Wildman–Crippen MR) is 95.9 cm³/mol. The molecule has 1 rings (SSSR count). The Morgan fingerprint density at radius 3 is 2.42 bits per heavy atom. The normalized spacial score (nSPS) is 11.8. The van der Waals surface area contributed by atoms with Crippen molar-refractivity contribution in [2.45, 2.75) is 31.7 Å². The second-order valence-electron chi connectivity index (χ2n) is 5.32. The summed E-state index contributed by atoms with van der Waals surface area (Å²) in [5, 5.41) is 3.55. The van der Waals surface area contributed by atoms with Crippen LogP contribution in [0, 0.1) is 5.92 Å². The monoisotopic (exact) mass is 391 g/mol. The zero-order chi connectivity index (χ0) is 18.3. The molecule has 3 N–H and O–H groups in total. The van der Waals surface area contributed by atoms with E-state index in [1.807, 2.05) is 0 Å². The first-order valence-corrected chi connectivity index (χ1v) is 8.88. The molecule has 0 aliphatic carbocycles. The summed E-state index contributed by atoms with van der Waals surface area (Å²) < 4.78 is 0. The van der Waals surface area contributed by atoms with Crippen molar-refractivity contribution in [2.75, 3.05) is 5.75 Å².